The van der Waals surface area contributed by atoms with E-state index in [0.717, 1.165) is 69.9 Å². The maximum atomic E-state index is 12.6. The maximum absolute atomic E-state index is 12.6. The van der Waals surface area contributed by atoms with Gasteiger partial charge in [0.1, 0.15) is 0 Å². The SMILES string of the molecule is C=CC(=O)OCC(CCCC)CCCCOC(=O)CN(CCN(CC(=O)O)CC(=O)OCC1CCC(COC(=O)C=C)CC1)CC(=O)O. The van der Waals surface area contributed by atoms with Crippen LogP contribution in [-0.2, 0) is 47.7 Å². The Labute approximate surface area is 283 Å². The number of ether oxygens (including phenoxy) is 4. The second-order valence-corrected chi connectivity index (χ2v) is 12.2. The van der Waals surface area contributed by atoms with E-state index in [0.29, 0.717) is 19.6 Å². The van der Waals surface area contributed by atoms with Crippen LogP contribution < -0.4 is 0 Å². The zero-order valence-electron chi connectivity index (χ0n) is 28.3. The fourth-order valence-electron chi connectivity index (χ4n) is 5.37. The first-order valence-electron chi connectivity index (χ1n) is 16.7. The van der Waals surface area contributed by atoms with E-state index in [1.54, 1.807) is 0 Å². The summed E-state index contributed by atoms with van der Waals surface area (Å²) in [4.78, 5) is 73.3. The molecule has 2 N–H and O–H groups in total. The largest absolute Gasteiger partial charge is 0.480 e. The predicted molar refractivity (Wildman–Crippen MR) is 175 cm³/mol. The number of hydrogen-bond acceptors (Lipinski definition) is 12. The van der Waals surface area contributed by atoms with Gasteiger partial charge in [-0.25, -0.2) is 9.59 Å². The molecular weight excluding hydrogens is 628 g/mol. The summed E-state index contributed by atoms with van der Waals surface area (Å²) in [7, 11) is 0. The lowest BCUT2D eigenvalue weighted by Gasteiger charge is -2.28. The summed E-state index contributed by atoms with van der Waals surface area (Å²) >= 11 is 0. The number of nitrogens with zero attached hydrogens (tertiary/aromatic N) is 2. The van der Waals surface area contributed by atoms with Gasteiger partial charge >= 0.3 is 35.8 Å². The molecule has 14 nitrogen and oxygen atoms in total. The summed E-state index contributed by atoms with van der Waals surface area (Å²) in [6.07, 6.45) is 10.6. The topological polar surface area (TPSA) is 186 Å². The van der Waals surface area contributed by atoms with Crippen molar-refractivity contribution in [2.45, 2.75) is 71.1 Å². The number of esters is 4. The van der Waals surface area contributed by atoms with Crippen LogP contribution in [-0.4, -0.2) is 122 Å². The third-order valence-corrected chi connectivity index (χ3v) is 8.09. The Morgan fingerprint density at radius 3 is 1.67 bits per heavy atom. The Balaban J connectivity index is 2.48. The number of carboxylic acid groups (broad SMARTS) is 2. The first-order chi connectivity index (χ1) is 22.9. The van der Waals surface area contributed by atoms with Gasteiger partial charge in [-0.15, -0.1) is 0 Å². The smallest absolute Gasteiger partial charge is 0.330 e. The fourth-order valence-corrected chi connectivity index (χ4v) is 5.37. The van der Waals surface area contributed by atoms with Crippen molar-refractivity contribution in [3.05, 3.63) is 25.3 Å². The molecule has 1 unspecified atom stereocenters. The Kier molecular flexibility index (Phi) is 22.2. The molecule has 48 heavy (non-hydrogen) atoms. The van der Waals surface area contributed by atoms with E-state index in [9.17, 15) is 39.0 Å². The molecule has 1 atom stereocenters. The van der Waals surface area contributed by atoms with Gasteiger partial charge in [0.25, 0.3) is 0 Å². The first-order valence-corrected chi connectivity index (χ1v) is 16.7. The van der Waals surface area contributed by atoms with Crippen LogP contribution in [0.25, 0.3) is 0 Å². The van der Waals surface area contributed by atoms with Crippen molar-refractivity contribution in [3.63, 3.8) is 0 Å². The van der Waals surface area contributed by atoms with Crippen LogP contribution >= 0.6 is 0 Å². The Bertz CT molecular complexity index is 1040. The molecule has 1 rings (SSSR count). The third-order valence-electron chi connectivity index (χ3n) is 8.09. The zero-order chi connectivity index (χ0) is 35.7. The number of hydrogen-bond donors (Lipinski definition) is 2. The van der Waals surface area contributed by atoms with Gasteiger partial charge in [0.05, 0.1) is 52.6 Å². The molecule has 0 aromatic rings. The molecule has 0 aromatic heterocycles. The molecule has 272 valence electrons. The summed E-state index contributed by atoms with van der Waals surface area (Å²) in [6.45, 7) is 8.28. The van der Waals surface area contributed by atoms with Gasteiger partial charge in [-0.3, -0.25) is 29.0 Å². The lowest BCUT2D eigenvalue weighted by atomic mass is 9.83. The van der Waals surface area contributed by atoms with Crippen LogP contribution in [0.15, 0.2) is 25.3 Å². The van der Waals surface area contributed by atoms with Crippen molar-refractivity contribution in [2.75, 3.05) is 65.7 Å². The quantitative estimate of drug-likeness (QED) is 0.0557. The Morgan fingerprint density at radius 1 is 0.688 bits per heavy atom. The van der Waals surface area contributed by atoms with Crippen LogP contribution in [0.1, 0.15) is 71.1 Å². The Morgan fingerprint density at radius 2 is 1.17 bits per heavy atom. The molecule has 1 aliphatic carbocycles. The van der Waals surface area contributed by atoms with E-state index in [2.05, 4.69) is 20.1 Å². The van der Waals surface area contributed by atoms with Crippen molar-refractivity contribution in [1.29, 1.82) is 0 Å². The van der Waals surface area contributed by atoms with Gasteiger partial charge in [0.15, 0.2) is 0 Å². The van der Waals surface area contributed by atoms with E-state index in [1.165, 1.54) is 9.80 Å². The van der Waals surface area contributed by atoms with Crippen molar-refractivity contribution in [1.82, 2.24) is 9.80 Å². The number of aliphatic carboxylic acids is 2. The predicted octanol–water partition coefficient (Wildman–Crippen LogP) is 3.09. The number of carboxylic acids is 2. The van der Waals surface area contributed by atoms with E-state index in [4.69, 9.17) is 18.9 Å². The second-order valence-electron chi connectivity index (χ2n) is 12.2. The lowest BCUT2D eigenvalue weighted by Crippen LogP contribution is -2.44. The number of carbonyl (C=O) groups is 6. The summed E-state index contributed by atoms with van der Waals surface area (Å²) in [6, 6.07) is 0. The van der Waals surface area contributed by atoms with Crippen LogP contribution in [0.4, 0.5) is 0 Å². The molecule has 0 saturated heterocycles. The molecule has 14 heteroatoms. The third kappa shape index (κ3) is 21.2. The lowest BCUT2D eigenvalue weighted by molar-refractivity contribution is -0.150. The van der Waals surface area contributed by atoms with Crippen molar-refractivity contribution >= 4 is 35.8 Å². The van der Waals surface area contributed by atoms with Crippen molar-refractivity contribution in [3.8, 4) is 0 Å². The van der Waals surface area contributed by atoms with E-state index in [1.807, 2.05) is 0 Å². The minimum atomic E-state index is -1.17. The molecule has 0 heterocycles. The molecule has 0 spiro atoms. The molecule has 0 amide bonds. The molecule has 1 saturated carbocycles. The van der Waals surface area contributed by atoms with Crippen LogP contribution in [0.5, 0.6) is 0 Å². The molecule has 0 aromatic carbocycles. The van der Waals surface area contributed by atoms with Gasteiger partial charge in [0, 0.05) is 25.2 Å². The average molecular weight is 683 g/mol. The monoisotopic (exact) mass is 682 g/mol. The number of rotatable bonds is 27. The average Bonchev–Trinajstić information content (AvgIpc) is 3.05. The zero-order valence-corrected chi connectivity index (χ0v) is 28.3. The highest BCUT2D eigenvalue weighted by Crippen LogP contribution is 2.29. The Hall–Kier alpha value is -3.78. The molecule has 0 bridgehead atoms. The van der Waals surface area contributed by atoms with E-state index < -0.39 is 48.9 Å². The van der Waals surface area contributed by atoms with Gasteiger partial charge in [-0.2, -0.15) is 0 Å². The van der Waals surface area contributed by atoms with Gasteiger partial charge in [-0.1, -0.05) is 32.9 Å². The summed E-state index contributed by atoms with van der Waals surface area (Å²) in [5.41, 5.74) is 0. The molecule has 1 aliphatic rings. The summed E-state index contributed by atoms with van der Waals surface area (Å²) in [5, 5.41) is 18.7. The maximum Gasteiger partial charge on any atom is 0.330 e. The first kappa shape index (κ1) is 42.2. The second kappa shape index (κ2) is 25.3. The molecule has 0 aliphatic heterocycles. The van der Waals surface area contributed by atoms with Crippen molar-refractivity contribution in [2.24, 2.45) is 17.8 Å². The standard InChI is InChI=1S/C34H54N2O12/c1-4-7-10-26(23-46-31(41)5-2)11-8-9-18-45-33(43)21-35(19-29(37)38)16-17-36(20-30(39)40)22-34(44)48-25-28-14-12-27(13-15-28)24-47-32(42)6-3/h5-6,26-28H,2-4,7-25H2,1H3,(H,37,38)(H,39,40). The highest BCUT2D eigenvalue weighted by atomic mass is 16.5. The van der Waals surface area contributed by atoms with E-state index >= 15 is 0 Å². The van der Waals surface area contributed by atoms with Crippen LogP contribution in [0.2, 0.25) is 0 Å². The van der Waals surface area contributed by atoms with Crippen molar-refractivity contribution < 1.29 is 57.9 Å². The summed E-state index contributed by atoms with van der Waals surface area (Å²) < 4.78 is 21.0. The normalized spacial score (nSPS) is 16.5. The van der Waals surface area contributed by atoms with E-state index in [-0.39, 0.29) is 57.1 Å². The van der Waals surface area contributed by atoms with Gasteiger partial charge in [-0.05, 0) is 69.1 Å². The summed E-state index contributed by atoms with van der Waals surface area (Å²) in [5.74, 6) is -3.88. The minimum absolute atomic E-state index is 0.00490. The molecular formula is C34H54N2O12. The fraction of sp³-hybridized carbons (Fsp3) is 0.706. The van der Waals surface area contributed by atoms with Crippen LogP contribution in [0.3, 0.4) is 0 Å². The van der Waals surface area contributed by atoms with Crippen LogP contribution in [0, 0.1) is 17.8 Å². The highest BCUT2D eigenvalue weighted by molar-refractivity contribution is 5.81. The van der Waals surface area contributed by atoms with Gasteiger partial charge < -0.3 is 29.2 Å². The molecule has 1 fully saturated rings. The van der Waals surface area contributed by atoms with Gasteiger partial charge in [0.2, 0.25) is 0 Å². The number of unbranched alkanes of at least 4 members (excludes halogenated alkanes) is 2. The minimum Gasteiger partial charge on any atom is -0.480 e. The highest BCUT2D eigenvalue weighted by Gasteiger charge is 2.24. The molecule has 0 radical (unpaired) electrons. The number of carbonyl (C=O) groups excluding carboxylic acids is 4.